The number of aromatic nitrogens is 5. The van der Waals surface area contributed by atoms with E-state index in [0.717, 1.165) is 94.7 Å². The number of hydrogen-bond donors (Lipinski definition) is 0. The number of fused-ring (bicyclic) bond motifs is 9. The number of hydrogen-bond acceptors (Lipinski definition) is 4. The van der Waals surface area contributed by atoms with E-state index < -0.39 is 0 Å². The van der Waals surface area contributed by atoms with Gasteiger partial charge >= 0.3 is 0 Å². The Kier molecular flexibility index (Phi) is 7.80. The lowest BCUT2D eigenvalue weighted by molar-refractivity contribution is 0.668. The van der Waals surface area contributed by atoms with E-state index in [0.29, 0.717) is 5.82 Å². The molecule has 0 saturated heterocycles. The molecule has 13 aromatic rings. The number of benzene rings is 8. The maximum Gasteiger partial charge on any atom is 0.160 e. The highest BCUT2D eigenvalue weighted by Gasteiger charge is 2.18. The number of pyridine rings is 1. The standard InChI is InChI=1S/C57H35N5O/c1-3-12-36(13-4-1)48-35-49(37-14-5-2-6-15-37)60-57(59-48)38-21-25-41(26-22-38)61-50-18-9-7-16-43(50)45-28-23-40(33-53(45)61)39-24-29-52-46(32-39)44-17-8-10-19-51(44)62(52)42-27-30-54-47(34-42)56-55(63-54)20-11-31-58-56/h1-35H. The molecule has 0 atom stereocenters. The maximum absolute atomic E-state index is 6.13. The van der Waals surface area contributed by atoms with E-state index in [4.69, 9.17) is 14.4 Å². The molecule has 0 amide bonds. The minimum absolute atomic E-state index is 0.690. The normalized spacial score (nSPS) is 11.8. The van der Waals surface area contributed by atoms with E-state index in [-0.39, 0.29) is 0 Å². The monoisotopic (exact) mass is 805 g/mol. The van der Waals surface area contributed by atoms with Gasteiger partial charge in [-0.25, -0.2) is 9.97 Å². The molecule has 0 N–H and O–H groups in total. The van der Waals surface area contributed by atoms with Crippen molar-refractivity contribution in [3.63, 3.8) is 0 Å². The summed E-state index contributed by atoms with van der Waals surface area (Å²) in [4.78, 5) is 14.8. The third-order valence-electron chi connectivity index (χ3n) is 12.4. The number of para-hydroxylation sites is 2. The lowest BCUT2D eigenvalue weighted by atomic mass is 10.0. The van der Waals surface area contributed by atoms with Crippen molar-refractivity contribution < 1.29 is 4.42 Å². The summed E-state index contributed by atoms with van der Waals surface area (Å²) < 4.78 is 10.9. The molecule has 0 aliphatic carbocycles. The molecular weight excluding hydrogens is 771 g/mol. The highest BCUT2D eigenvalue weighted by molar-refractivity contribution is 6.13. The van der Waals surface area contributed by atoms with Crippen LogP contribution in [0.15, 0.2) is 217 Å². The summed E-state index contributed by atoms with van der Waals surface area (Å²) in [7, 11) is 0. The molecule has 8 aromatic carbocycles. The Morgan fingerprint density at radius 1 is 0.333 bits per heavy atom. The van der Waals surface area contributed by atoms with Crippen LogP contribution < -0.4 is 0 Å². The van der Waals surface area contributed by atoms with Gasteiger partial charge in [-0.3, -0.25) is 4.98 Å². The molecule has 0 saturated carbocycles. The molecule has 0 radical (unpaired) electrons. The van der Waals surface area contributed by atoms with Crippen LogP contribution in [0.1, 0.15) is 0 Å². The van der Waals surface area contributed by atoms with Crippen molar-refractivity contribution in [3.8, 4) is 56.4 Å². The Hall–Kier alpha value is -8.61. The van der Waals surface area contributed by atoms with Crippen LogP contribution in [0.25, 0.3) is 122 Å². The molecule has 0 spiro atoms. The van der Waals surface area contributed by atoms with E-state index >= 15 is 0 Å². The van der Waals surface area contributed by atoms with Crippen molar-refractivity contribution >= 4 is 65.7 Å². The summed E-state index contributed by atoms with van der Waals surface area (Å²) in [5, 5.41) is 5.83. The quantitative estimate of drug-likeness (QED) is 0.168. The predicted octanol–water partition coefficient (Wildman–Crippen LogP) is 14.6. The second kappa shape index (κ2) is 14.0. The summed E-state index contributed by atoms with van der Waals surface area (Å²) in [5.41, 5.74) is 16.4. The van der Waals surface area contributed by atoms with Gasteiger partial charge in [-0.1, -0.05) is 115 Å². The second-order valence-corrected chi connectivity index (χ2v) is 16.0. The first-order chi connectivity index (χ1) is 31.2. The topological polar surface area (TPSA) is 61.7 Å². The Balaban J connectivity index is 0.925. The highest BCUT2D eigenvalue weighted by atomic mass is 16.3. The first kappa shape index (κ1) is 35.2. The Labute approximate surface area is 361 Å². The third-order valence-corrected chi connectivity index (χ3v) is 12.4. The third kappa shape index (κ3) is 5.69. The van der Waals surface area contributed by atoms with Gasteiger partial charge in [0.15, 0.2) is 11.4 Å². The van der Waals surface area contributed by atoms with Crippen molar-refractivity contribution in [1.82, 2.24) is 24.1 Å². The van der Waals surface area contributed by atoms with Crippen LogP contribution in [0.2, 0.25) is 0 Å². The fourth-order valence-electron chi connectivity index (χ4n) is 9.43. The molecule has 5 aromatic heterocycles. The van der Waals surface area contributed by atoms with E-state index in [1.54, 1.807) is 0 Å². The van der Waals surface area contributed by atoms with Gasteiger partial charge in [-0.05, 0) is 102 Å². The summed E-state index contributed by atoms with van der Waals surface area (Å²) >= 11 is 0. The van der Waals surface area contributed by atoms with E-state index in [2.05, 4.69) is 172 Å². The summed E-state index contributed by atoms with van der Waals surface area (Å²) in [6, 6.07) is 72.7. The lowest BCUT2D eigenvalue weighted by Crippen LogP contribution is -1.97. The summed E-state index contributed by atoms with van der Waals surface area (Å²) in [5.74, 6) is 0.690. The van der Waals surface area contributed by atoms with Gasteiger partial charge in [0, 0.05) is 61.2 Å². The Morgan fingerprint density at radius 3 is 1.63 bits per heavy atom. The average molecular weight is 806 g/mol. The molecule has 0 aliphatic heterocycles. The first-order valence-corrected chi connectivity index (χ1v) is 21.2. The zero-order chi connectivity index (χ0) is 41.4. The van der Waals surface area contributed by atoms with Crippen LogP contribution in [0, 0.1) is 0 Å². The smallest absolute Gasteiger partial charge is 0.160 e. The highest BCUT2D eigenvalue weighted by Crippen LogP contribution is 2.39. The summed E-state index contributed by atoms with van der Waals surface area (Å²) in [6.45, 7) is 0. The minimum Gasteiger partial charge on any atom is -0.454 e. The molecule has 0 bridgehead atoms. The van der Waals surface area contributed by atoms with Gasteiger partial charge in [0.05, 0.1) is 33.5 Å². The van der Waals surface area contributed by atoms with Gasteiger partial charge in [0.2, 0.25) is 0 Å². The molecule has 0 fully saturated rings. The minimum atomic E-state index is 0.690. The zero-order valence-electron chi connectivity index (χ0n) is 33.9. The van der Waals surface area contributed by atoms with Gasteiger partial charge in [-0.2, -0.15) is 0 Å². The molecule has 6 nitrogen and oxygen atoms in total. The number of rotatable bonds is 6. The molecule has 6 heteroatoms. The van der Waals surface area contributed by atoms with Gasteiger partial charge in [0.1, 0.15) is 11.1 Å². The molecular formula is C57H35N5O. The van der Waals surface area contributed by atoms with Gasteiger partial charge in [0.25, 0.3) is 0 Å². The molecule has 0 aliphatic rings. The van der Waals surface area contributed by atoms with Crippen molar-refractivity contribution in [3.05, 3.63) is 212 Å². The molecule has 13 rings (SSSR count). The van der Waals surface area contributed by atoms with Crippen molar-refractivity contribution in [1.29, 1.82) is 0 Å². The fourth-order valence-corrected chi connectivity index (χ4v) is 9.43. The Morgan fingerprint density at radius 2 is 0.905 bits per heavy atom. The van der Waals surface area contributed by atoms with Crippen LogP contribution in [-0.2, 0) is 0 Å². The van der Waals surface area contributed by atoms with Gasteiger partial charge in [-0.15, -0.1) is 0 Å². The zero-order valence-corrected chi connectivity index (χ0v) is 33.9. The summed E-state index contributed by atoms with van der Waals surface area (Å²) in [6.07, 6.45) is 1.82. The van der Waals surface area contributed by atoms with Crippen LogP contribution >= 0.6 is 0 Å². The largest absolute Gasteiger partial charge is 0.454 e. The van der Waals surface area contributed by atoms with E-state index in [1.807, 2.05) is 54.7 Å². The SMILES string of the molecule is c1ccc(-c2cc(-c3ccccc3)nc(-c3ccc(-n4c5ccccc5c5ccc(-c6ccc7c(c6)c6ccccc6n7-c6ccc7oc8cccnc8c7c6)cc54)cc3)n2)cc1. The van der Waals surface area contributed by atoms with Crippen LogP contribution in [-0.4, -0.2) is 24.1 Å². The first-order valence-electron chi connectivity index (χ1n) is 21.2. The maximum atomic E-state index is 6.13. The van der Waals surface area contributed by atoms with Crippen molar-refractivity contribution in [2.75, 3.05) is 0 Å². The van der Waals surface area contributed by atoms with Crippen molar-refractivity contribution in [2.24, 2.45) is 0 Å². The molecule has 294 valence electrons. The fraction of sp³-hybridized carbons (Fsp3) is 0. The van der Waals surface area contributed by atoms with Gasteiger partial charge < -0.3 is 13.6 Å². The van der Waals surface area contributed by atoms with Crippen LogP contribution in [0.3, 0.4) is 0 Å². The van der Waals surface area contributed by atoms with Crippen LogP contribution in [0.5, 0.6) is 0 Å². The lowest BCUT2D eigenvalue weighted by Gasteiger charge is -2.12. The Bertz CT molecular complexity index is 3840. The van der Waals surface area contributed by atoms with E-state index in [9.17, 15) is 0 Å². The molecule has 63 heavy (non-hydrogen) atoms. The molecule has 5 heterocycles. The second-order valence-electron chi connectivity index (χ2n) is 16.0. The number of furan rings is 1. The predicted molar refractivity (Wildman–Crippen MR) is 258 cm³/mol. The average Bonchev–Trinajstić information content (AvgIpc) is 4.01. The molecule has 0 unspecified atom stereocenters. The van der Waals surface area contributed by atoms with Crippen LogP contribution in [0.4, 0.5) is 0 Å². The van der Waals surface area contributed by atoms with Crippen molar-refractivity contribution in [2.45, 2.75) is 0 Å². The van der Waals surface area contributed by atoms with E-state index in [1.165, 1.54) is 21.5 Å². The number of nitrogens with zero attached hydrogens (tertiary/aromatic N) is 5.